The van der Waals surface area contributed by atoms with Crippen LogP contribution in [0.15, 0.2) is 0 Å². The van der Waals surface area contributed by atoms with Crippen LogP contribution in [0.5, 0.6) is 0 Å². The van der Waals surface area contributed by atoms with E-state index in [-0.39, 0.29) is 17.1 Å². The lowest BCUT2D eigenvalue weighted by molar-refractivity contribution is -0.145. The zero-order chi connectivity index (χ0) is 10.6. The average Bonchev–Trinajstić information content (AvgIpc) is 2.88. The lowest BCUT2D eigenvalue weighted by Gasteiger charge is -2.49. The Balaban J connectivity index is 1.68. The van der Waals surface area contributed by atoms with Crippen LogP contribution < -0.4 is 0 Å². The molecule has 0 aromatic heterocycles. The molecular weight excluding hydrogens is 230 g/mol. The molecule has 0 aromatic rings. The molecule has 88 valence electrons. The van der Waals surface area contributed by atoms with Gasteiger partial charge in [-0.05, 0) is 19.3 Å². The average molecular weight is 244 g/mol. The number of fused-ring (bicyclic) bond motifs is 2. The molecule has 0 amide bonds. The van der Waals surface area contributed by atoms with Crippen molar-refractivity contribution in [3.63, 3.8) is 0 Å². The summed E-state index contributed by atoms with van der Waals surface area (Å²) in [5.74, 6) is 0. The summed E-state index contributed by atoms with van der Waals surface area (Å²) in [6, 6.07) is 0. The molecule has 5 nitrogen and oxygen atoms in total. The molecule has 4 rings (SSSR count). The third kappa shape index (κ3) is 1.23. The number of rotatable bonds is 0. The molecule has 4 fully saturated rings. The van der Waals surface area contributed by atoms with Gasteiger partial charge in [0, 0.05) is 18.6 Å². The van der Waals surface area contributed by atoms with Gasteiger partial charge in [0.2, 0.25) is 0 Å². The summed E-state index contributed by atoms with van der Waals surface area (Å²) in [4.78, 5) is 0. The van der Waals surface area contributed by atoms with E-state index in [4.69, 9.17) is 22.9 Å². The zero-order valence-electron chi connectivity index (χ0n) is 9.02. The number of hydrogen-bond acceptors (Lipinski definition) is 5. The van der Waals surface area contributed by atoms with Gasteiger partial charge in [0.15, 0.2) is 0 Å². The molecule has 7 heteroatoms. The van der Waals surface area contributed by atoms with E-state index in [1.807, 2.05) is 0 Å². The Hall–Kier alpha value is 0.295. The zero-order valence-corrected chi connectivity index (χ0v) is 9.91. The van der Waals surface area contributed by atoms with Gasteiger partial charge >= 0.3 is 16.3 Å². The van der Waals surface area contributed by atoms with Crippen LogP contribution in [0.3, 0.4) is 0 Å². The molecule has 0 radical (unpaired) electrons. The topological polar surface area (TPSA) is 46.2 Å². The van der Waals surface area contributed by atoms with Gasteiger partial charge in [-0.25, -0.2) is 0 Å². The van der Waals surface area contributed by atoms with Crippen LogP contribution in [0.4, 0.5) is 0 Å². The fourth-order valence-electron chi connectivity index (χ4n) is 3.40. The summed E-state index contributed by atoms with van der Waals surface area (Å²) >= 11 is 0. The first-order valence-electron chi connectivity index (χ1n) is 5.78. The van der Waals surface area contributed by atoms with E-state index >= 15 is 0 Å². The highest BCUT2D eigenvalue weighted by molar-refractivity contribution is 7.42. The summed E-state index contributed by atoms with van der Waals surface area (Å²) in [5.41, 5.74) is -0.203. The first-order valence-corrected chi connectivity index (χ1v) is 6.87. The molecule has 4 aliphatic rings. The summed E-state index contributed by atoms with van der Waals surface area (Å²) in [6.45, 7) is 2.14. The normalized spacial score (nSPS) is 49.0. The van der Waals surface area contributed by atoms with Crippen molar-refractivity contribution >= 4 is 16.3 Å². The molecular formula is C9H14BO5P. The van der Waals surface area contributed by atoms with Crippen molar-refractivity contribution in [3.05, 3.63) is 0 Å². The molecule has 0 N–H and O–H groups in total. The summed E-state index contributed by atoms with van der Waals surface area (Å²) in [5, 5.41) is 0. The molecule has 1 saturated carbocycles. The maximum atomic E-state index is 5.91. The molecule has 1 aliphatic carbocycles. The van der Waals surface area contributed by atoms with E-state index in [2.05, 4.69) is 0 Å². The Bertz CT molecular complexity index is 305. The van der Waals surface area contributed by atoms with E-state index in [9.17, 15) is 0 Å². The van der Waals surface area contributed by atoms with Crippen molar-refractivity contribution in [1.82, 2.24) is 0 Å². The minimum atomic E-state index is -1.09. The second-order valence-electron chi connectivity index (χ2n) is 5.17. The molecule has 3 unspecified atom stereocenters. The maximum Gasteiger partial charge on any atom is 0.438 e. The summed E-state index contributed by atoms with van der Waals surface area (Å²) < 4.78 is 28.3. The second-order valence-corrected chi connectivity index (χ2v) is 6.27. The van der Waals surface area contributed by atoms with Gasteiger partial charge < -0.3 is 22.9 Å². The Morgan fingerprint density at radius 1 is 1.12 bits per heavy atom. The van der Waals surface area contributed by atoms with Crippen molar-refractivity contribution < 1.29 is 22.9 Å². The number of hydrogen-bond donors (Lipinski definition) is 0. The van der Waals surface area contributed by atoms with Crippen molar-refractivity contribution in [2.24, 2.45) is 5.41 Å². The third-order valence-electron chi connectivity index (χ3n) is 4.12. The standard InChI is InChI=1S/C9H14BO5P/c1-2-8(4-11-10-12-5-8)7-9(3-1)6-13-16(14-7)15-9/h7,10H,1-6H2. The molecule has 0 aromatic carbocycles. The second kappa shape index (κ2) is 3.41. The summed E-state index contributed by atoms with van der Waals surface area (Å²) in [7, 11) is -0.680. The van der Waals surface area contributed by atoms with Gasteiger partial charge in [-0.2, -0.15) is 0 Å². The molecule has 3 heterocycles. The molecule has 3 atom stereocenters. The van der Waals surface area contributed by atoms with Crippen molar-refractivity contribution in [1.29, 1.82) is 0 Å². The SMILES string of the molecule is B1OCC2(CCCC34COP(OC23)O4)CO1. The first kappa shape index (κ1) is 10.2. The molecule has 2 spiro atoms. The highest BCUT2D eigenvalue weighted by atomic mass is 31.2. The van der Waals surface area contributed by atoms with Gasteiger partial charge in [-0.15, -0.1) is 0 Å². The smallest absolute Gasteiger partial charge is 0.413 e. The quantitative estimate of drug-likeness (QED) is 0.467. The first-order chi connectivity index (χ1) is 7.83. The Morgan fingerprint density at radius 3 is 2.81 bits per heavy atom. The minimum Gasteiger partial charge on any atom is -0.413 e. The lowest BCUT2D eigenvalue weighted by atomic mass is 9.65. The van der Waals surface area contributed by atoms with Gasteiger partial charge in [0.1, 0.15) is 11.7 Å². The van der Waals surface area contributed by atoms with E-state index in [0.29, 0.717) is 14.3 Å². The Kier molecular flexibility index (Phi) is 2.18. The van der Waals surface area contributed by atoms with Crippen LogP contribution >= 0.6 is 8.60 Å². The van der Waals surface area contributed by atoms with Crippen LogP contribution in [0.25, 0.3) is 0 Å². The van der Waals surface area contributed by atoms with Crippen LogP contribution in [0.1, 0.15) is 19.3 Å². The van der Waals surface area contributed by atoms with Gasteiger partial charge in [0.25, 0.3) is 0 Å². The highest BCUT2D eigenvalue weighted by Crippen LogP contribution is 2.67. The molecule has 16 heavy (non-hydrogen) atoms. The monoisotopic (exact) mass is 244 g/mol. The third-order valence-corrected chi connectivity index (χ3v) is 5.35. The highest BCUT2D eigenvalue weighted by Gasteiger charge is 2.66. The van der Waals surface area contributed by atoms with Crippen molar-refractivity contribution in [3.8, 4) is 0 Å². The fraction of sp³-hybridized carbons (Fsp3) is 1.00. The maximum absolute atomic E-state index is 5.91. The van der Waals surface area contributed by atoms with E-state index < -0.39 is 8.60 Å². The van der Waals surface area contributed by atoms with Gasteiger partial charge in [-0.1, -0.05) is 0 Å². The summed E-state index contributed by atoms with van der Waals surface area (Å²) in [6.07, 6.45) is 3.39. The van der Waals surface area contributed by atoms with Crippen molar-refractivity contribution in [2.45, 2.75) is 31.0 Å². The van der Waals surface area contributed by atoms with Crippen LogP contribution in [0, 0.1) is 5.41 Å². The van der Waals surface area contributed by atoms with Crippen LogP contribution in [-0.2, 0) is 22.9 Å². The van der Waals surface area contributed by atoms with Gasteiger partial charge in [0.05, 0.1) is 6.61 Å². The molecule has 3 saturated heterocycles. The Morgan fingerprint density at radius 2 is 2.00 bits per heavy atom. The van der Waals surface area contributed by atoms with E-state index in [1.54, 1.807) is 0 Å². The van der Waals surface area contributed by atoms with Crippen LogP contribution in [0.2, 0.25) is 0 Å². The predicted octanol–water partition coefficient (Wildman–Crippen LogP) is 0.881. The van der Waals surface area contributed by atoms with Crippen molar-refractivity contribution in [2.75, 3.05) is 19.8 Å². The van der Waals surface area contributed by atoms with E-state index in [1.165, 1.54) is 0 Å². The molecule has 2 bridgehead atoms. The lowest BCUT2D eigenvalue weighted by Crippen LogP contribution is -2.60. The largest absolute Gasteiger partial charge is 0.438 e. The molecule has 3 aliphatic heterocycles. The van der Waals surface area contributed by atoms with Gasteiger partial charge in [-0.3, -0.25) is 0 Å². The van der Waals surface area contributed by atoms with Crippen LogP contribution in [-0.4, -0.2) is 39.2 Å². The Labute approximate surface area is 96.0 Å². The minimum absolute atomic E-state index is 0.00262. The fourth-order valence-corrected chi connectivity index (χ4v) is 5.00. The van der Waals surface area contributed by atoms with E-state index in [0.717, 1.165) is 32.5 Å². The predicted molar refractivity (Wildman–Crippen MR) is 56.9 cm³/mol.